The molecular formula is C34H42O6S2. The maximum Gasteiger partial charge on any atom is 0.339 e. The molecule has 226 valence electrons. The van der Waals surface area contributed by atoms with E-state index in [-0.39, 0.29) is 27.9 Å². The highest BCUT2D eigenvalue weighted by atomic mass is 32.2. The molecule has 1 N–H and O–H groups in total. The van der Waals surface area contributed by atoms with Crippen molar-refractivity contribution in [2.24, 2.45) is 0 Å². The van der Waals surface area contributed by atoms with E-state index in [0.29, 0.717) is 16.2 Å². The summed E-state index contributed by atoms with van der Waals surface area (Å²) in [6.07, 6.45) is 16.7. The lowest BCUT2D eigenvalue weighted by Gasteiger charge is -2.32. The molecule has 3 aliphatic carbocycles. The normalized spacial score (nSPS) is 20.1. The predicted molar refractivity (Wildman–Crippen MR) is 165 cm³/mol. The standard InChI is InChI=1S/C34H42O6S2/c35-41(36,37)33-21-20-32(28-18-10-11-19-29(28)33)40-42(38,39)34-30(25-14-6-2-7-15-25)22-27(24-12-4-1-5-13-24)23-31(34)26-16-8-3-9-17-26/h10-11,18-26H,1-9,12-17H2,(H,35,36,37). The second-order valence-electron chi connectivity index (χ2n) is 12.7. The van der Waals surface area contributed by atoms with Crippen molar-refractivity contribution < 1.29 is 25.6 Å². The Bertz CT molecular complexity index is 1600. The van der Waals surface area contributed by atoms with Gasteiger partial charge in [-0.1, -0.05) is 94.2 Å². The first-order valence-electron chi connectivity index (χ1n) is 15.8. The summed E-state index contributed by atoms with van der Waals surface area (Å²) < 4.78 is 69.0. The molecule has 6 rings (SSSR count). The molecule has 0 spiro atoms. The zero-order chi connectivity index (χ0) is 29.3. The highest BCUT2D eigenvalue weighted by Gasteiger charge is 2.35. The molecule has 0 unspecified atom stereocenters. The fourth-order valence-electron chi connectivity index (χ4n) is 7.79. The van der Waals surface area contributed by atoms with E-state index in [2.05, 4.69) is 12.1 Å². The summed E-state index contributed by atoms with van der Waals surface area (Å²) >= 11 is 0. The van der Waals surface area contributed by atoms with Crippen LogP contribution < -0.4 is 4.18 Å². The molecule has 3 fully saturated rings. The lowest BCUT2D eigenvalue weighted by molar-refractivity contribution is 0.414. The summed E-state index contributed by atoms with van der Waals surface area (Å²) in [5.74, 6) is 0.893. The van der Waals surface area contributed by atoms with Gasteiger partial charge in [0.1, 0.15) is 9.79 Å². The van der Waals surface area contributed by atoms with Gasteiger partial charge in [-0.05, 0) is 85.1 Å². The minimum Gasteiger partial charge on any atom is -0.378 e. The molecule has 3 aromatic carbocycles. The molecule has 8 heteroatoms. The van der Waals surface area contributed by atoms with Crippen molar-refractivity contribution >= 4 is 31.0 Å². The average molecular weight is 611 g/mol. The summed E-state index contributed by atoms with van der Waals surface area (Å²) in [6, 6.07) is 13.5. The first-order chi connectivity index (χ1) is 20.2. The molecule has 3 aliphatic rings. The van der Waals surface area contributed by atoms with Crippen molar-refractivity contribution in [3.05, 3.63) is 65.2 Å². The molecule has 0 radical (unpaired) electrons. The highest BCUT2D eigenvalue weighted by molar-refractivity contribution is 7.87. The van der Waals surface area contributed by atoms with Gasteiger partial charge < -0.3 is 4.18 Å². The molecule has 0 amide bonds. The van der Waals surface area contributed by atoms with Gasteiger partial charge in [-0.2, -0.15) is 16.8 Å². The van der Waals surface area contributed by atoms with Crippen LogP contribution in [0.25, 0.3) is 10.8 Å². The van der Waals surface area contributed by atoms with Crippen molar-refractivity contribution in [3.63, 3.8) is 0 Å². The molecule has 0 aromatic heterocycles. The van der Waals surface area contributed by atoms with E-state index >= 15 is 0 Å². The van der Waals surface area contributed by atoms with Crippen molar-refractivity contribution in [3.8, 4) is 5.75 Å². The number of hydrogen-bond acceptors (Lipinski definition) is 5. The molecule has 0 bridgehead atoms. The minimum absolute atomic E-state index is 0.0681. The Balaban J connectivity index is 1.52. The Hall–Kier alpha value is -2.42. The van der Waals surface area contributed by atoms with Gasteiger partial charge in [0.25, 0.3) is 10.1 Å². The molecule has 42 heavy (non-hydrogen) atoms. The molecular weight excluding hydrogens is 569 g/mol. The second-order valence-corrected chi connectivity index (χ2v) is 15.5. The van der Waals surface area contributed by atoms with Gasteiger partial charge in [-0.25, -0.2) is 0 Å². The lowest BCUT2D eigenvalue weighted by Crippen LogP contribution is -2.21. The minimum atomic E-state index is -4.51. The van der Waals surface area contributed by atoms with Crippen LogP contribution in [0.5, 0.6) is 5.75 Å². The quantitative estimate of drug-likeness (QED) is 0.212. The monoisotopic (exact) mass is 610 g/mol. The molecule has 0 heterocycles. The van der Waals surface area contributed by atoms with Gasteiger partial charge in [0, 0.05) is 10.8 Å². The summed E-state index contributed by atoms with van der Waals surface area (Å²) in [6.45, 7) is 0. The fourth-order valence-corrected chi connectivity index (χ4v) is 9.98. The van der Waals surface area contributed by atoms with Crippen LogP contribution in [0.15, 0.2) is 58.3 Å². The van der Waals surface area contributed by atoms with Crippen molar-refractivity contribution in [1.82, 2.24) is 0 Å². The number of hydrogen-bond donors (Lipinski definition) is 1. The Morgan fingerprint density at radius 3 is 1.57 bits per heavy atom. The van der Waals surface area contributed by atoms with Crippen molar-refractivity contribution in [1.29, 1.82) is 0 Å². The van der Waals surface area contributed by atoms with Crippen LogP contribution in [0.1, 0.15) is 131 Å². The molecule has 0 aliphatic heterocycles. The third kappa shape index (κ3) is 6.13. The maximum atomic E-state index is 14.6. The highest BCUT2D eigenvalue weighted by Crippen LogP contribution is 2.46. The Morgan fingerprint density at radius 1 is 0.595 bits per heavy atom. The van der Waals surface area contributed by atoms with Gasteiger partial charge in [0.15, 0.2) is 5.75 Å². The lowest BCUT2D eigenvalue weighted by atomic mass is 9.76. The van der Waals surface area contributed by atoms with Gasteiger partial charge in [-0.15, -0.1) is 0 Å². The second kappa shape index (κ2) is 12.3. The molecule has 3 aromatic rings. The van der Waals surface area contributed by atoms with Crippen LogP contribution in [-0.2, 0) is 20.2 Å². The Morgan fingerprint density at radius 2 is 1.07 bits per heavy atom. The number of fused-ring (bicyclic) bond motifs is 1. The van der Waals surface area contributed by atoms with E-state index in [1.54, 1.807) is 24.3 Å². The number of rotatable bonds is 7. The topological polar surface area (TPSA) is 97.7 Å². The third-order valence-electron chi connectivity index (χ3n) is 9.91. The molecule has 0 saturated heterocycles. The van der Waals surface area contributed by atoms with Crippen LogP contribution in [0.2, 0.25) is 0 Å². The Kier molecular flexibility index (Phi) is 8.67. The maximum absolute atomic E-state index is 14.6. The smallest absolute Gasteiger partial charge is 0.339 e. The van der Waals surface area contributed by atoms with E-state index in [9.17, 15) is 21.4 Å². The van der Waals surface area contributed by atoms with E-state index in [1.165, 1.54) is 49.8 Å². The summed E-state index contributed by atoms with van der Waals surface area (Å²) in [5, 5.41) is 0.550. The van der Waals surface area contributed by atoms with E-state index < -0.39 is 20.2 Å². The van der Waals surface area contributed by atoms with Crippen LogP contribution in [0.3, 0.4) is 0 Å². The molecule has 6 nitrogen and oxygen atoms in total. The van der Waals surface area contributed by atoms with E-state index in [1.807, 2.05) is 0 Å². The van der Waals surface area contributed by atoms with Gasteiger partial charge in [-0.3, -0.25) is 4.55 Å². The molecule has 3 saturated carbocycles. The molecule has 0 atom stereocenters. The van der Waals surface area contributed by atoms with Crippen molar-refractivity contribution in [2.45, 2.75) is 124 Å². The van der Waals surface area contributed by atoms with Gasteiger partial charge in [0.2, 0.25) is 0 Å². The number of benzene rings is 3. The predicted octanol–water partition coefficient (Wildman–Crippen LogP) is 9.00. The van der Waals surface area contributed by atoms with Crippen molar-refractivity contribution in [2.75, 3.05) is 0 Å². The van der Waals surface area contributed by atoms with Gasteiger partial charge in [0.05, 0.1) is 0 Å². The van der Waals surface area contributed by atoms with Crippen LogP contribution >= 0.6 is 0 Å². The zero-order valence-electron chi connectivity index (χ0n) is 24.3. The van der Waals surface area contributed by atoms with E-state index in [4.69, 9.17) is 4.18 Å². The van der Waals surface area contributed by atoms with Crippen LogP contribution in [0.4, 0.5) is 0 Å². The fraction of sp³-hybridized carbons (Fsp3) is 0.529. The van der Waals surface area contributed by atoms with Crippen LogP contribution in [-0.4, -0.2) is 21.4 Å². The summed E-state index contributed by atoms with van der Waals surface area (Å²) in [5.41, 5.74) is 3.16. The zero-order valence-corrected chi connectivity index (χ0v) is 25.9. The Labute approximate surface area is 250 Å². The third-order valence-corrected chi connectivity index (χ3v) is 12.2. The summed E-state index contributed by atoms with van der Waals surface area (Å²) in [4.78, 5) is 0.0780. The van der Waals surface area contributed by atoms with Gasteiger partial charge >= 0.3 is 10.1 Å². The first kappa shape index (κ1) is 29.6. The first-order valence-corrected chi connectivity index (χ1v) is 18.7. The average Bonchev–Trinajstić information content (AvgIpc) is 3.01. The van der Waals surface area contributed by atoms with E-state index in [0.717, 1.165) is 75.3 Å². The van der Waals surface area contributed by atoms with Crippen LogP contribution in [0, 0.1) is 0 Å². The summed E-state index contributed by atoms with van der Waals surface area (Å²) in [7, 11) is -8.78. The SMILES string of the molecule is O=S(=O)(O)c1ccc(OS(=O)(=O)c2c(C3CCCCC3)cc(C3CCCCC3)cc2C2CCCCC2)c2ccccc12. The largest absolute Gasteiger partial charge is 0.378 e.